The van der Waals surface area contributed by atoms with Crippen molar-refractivity contribution in [1.29, 1.82) is 0 Å². The highest BCUT2D eigenvalue weighted by Crippen LogP contribution is 2.28. The standard InChI is InChI=1S/C15H17ClN2O2S2/c16-14-7-8-15(21-14)22(19,20)17-12-5-4-6-13(11-12)18-9-2-1-3-10-18/h4-8,11,17H,1-3,9-10H2. The Morgan fingerprint density at radius 2 is 1.86 bits per heavy atom. The summed E-state index contributed by atoms with van der Waals surface area (Å²) in [5.41, 5.74) is 1.64. The summed E-state index contributed by atoms with van der Waals surface area (Å²) in [4.78, 5) is 2.29. The Morgan fingerprint density at radius 3 is 2.55 bits per heavy atom. The van der Waals surface area contributed by atoms with Crippen LogP contribution in [0, 0.1) is 0 Å². The molecule has 1 saturated heterocycles. The van der Waals surface area contributed by atoms with E-state index in [1.54, 1.807) is 12.1 Å². The molecule has 2 heterocycles. The van der Waals surface area contributed by atoms with Crippen LogP contribution in [0.4, 0.5) is 11.4 Å². The molecule has 3 rings (SSSR count). The number of benzene rings is 1. The summed E-state index contributed by atoms with van der Waals surface area (Å²) in [6.07, 6.45) is 3.63. The predicted molar refractivity (Wildman–Crippen MR) is 92.6 cm³/mol. The Hall–Kier alpha value is -1.24. The molecule has 0 bridgehead atoms. The third-order valence-corrected chi connectivity index (χ3v) is 6.74. The second-order valence-electron chi connectivity index (χ2n) is 5.26. The minimum absolute atomic E-state index is 0.223. The monoisotopic (exact) mass is 356 g/mol. The van der Waals surface area contributed by atoms with Crippen molar-refractivity contribution >= 4 is 44.3 Å². The number of sulfonamides is 1. The molecule has 0 amide bonds. The molecule has 0 saturated carbocycles. The fourth-order valence-electron chi connectivity index (χ4n) is 2.57. The maximum atomic E-state index is 12.3. The number of hydrogen-bond acceptors (Lipinski definition) is 4. The molecule has 0 spiro atoms. The zero-order valence-corrected chi connectivity index (χ0v) is 14.3. The number of nitrogens with zero attached hydrogens (tertiary/aromatic N) is 1. The lowest BCUT2D eigenvalue weighted by Gasteiger charge is -2.29. The van der Waals surface area contributed by atoms with Gasteiger partial charge in [-0.15, -0.1) is 11.3 Å². The van der Waals surface area contributed by atoms with E-state index in [2.05, 4.69) is 9.62 Å². The first-order valence-electron chi connectivity index (χ1n) is 7.18. The highest BCUT2D eigenvalue weighted by atomic mass is 35.5. The van der Waals surface area contributed by atoms with Gasteiger partial charge in [-0.3, -0.25) is 4.72 Å². The van der Waals surface area contributed by atoms with Gasteiger partial charge in [-0.05, 0) is 49.6 Å². The summed E-state index contributed by atoms with van der Waals surface area (Å²) in [5, 5.41) is 0. The van der Waals surface area contributed by atoms with Gasteiger partial charge in [-0.2, -0.15) is 0 Å². The molecule has 0 radical (unpaired) electrons. The van der Waals surface area contributed by atoms with Crippen LogP contribution in [-0.4, -0.2) is 21.5 Å². The van der Waals surface area contributed by atoms with Crippen molar-refractivity contribution in [3.8, 4) is 0 Å². The van der Waals surface area contributed by atoms with E-state index in [1.807, 2.05) is 18.2 Å². The quantitative estimate of drug-likeness (QED) is 0.893. The van der Waals surface area contributed by atoms with Gasteiger partial charge in [0.2, 0.25) is 0 Å². The van der Waals surface area contributed by atoms with E-state index in [0.29, 0.717) is 10.0 Å². The average Bonchev–Trinajstić information content (AvgIpc) is 2.96. The van der Waals surface area contributed by atoms with Crippen LogP contribution in [0.15, 0.2) is 40.6 Å². The van der Waals surface area contributed by atoms with Gasteiger partial charge in [0.25, 0.3) is 10.0 Å². The lowest BCUT2D eigenvalue weighted by Crippen LogP contribution is -2.29. The molecule has 1 fully saturated rings. The van der Waals surface area contributed by atoms with E-state index in [4.69, 9.17) is 11.6 Å². The molecule has 1 aromatic heterocycles. The molecule has 1 aromatic carbocycles. The summed E-state index contributed by atoms with van der Waals surface area (Å²) in [6, 6.07) is 10.7. The van der Waals surface area contributed by atoms with Crippen LogP contribution in [0.3, 0.4) is 0 Å². The summed E-state index contributed by atoms with van der Waals surface area (Å²) >= 11 is 6.87. The number of nitrogens with one attached hydrogen (secondary N) is 1. The van der Waals surface area contributed by atoms with Crippen LogP contribution in [0.5, 0.6) is 0 Å². The van der Waals surface area contributed by atoms with Gasteiger partial charge in [0.15, 0.2) is 0 Å². The molecule has 1 aliphatic rings. The number of rotatable bonds is 4. The minimum atomic E-state index is -3.57. The molecule has 1 N–H and O–H groups in total. The molecular weight excluding hydrogens is 340 g/mol. The molecule has 7 heteroatoms. The lowest BCUT2D eigenvalue weighted by atomic mass is 10.1. The van der Waals surface area contributed by atoms with Crippen LogP contribution >= 0.6 is 22.9 Å². The van der Waals surface area contributed by atoms with Crippen molar-refractivity contribution in [2.45, 2.75) is 23.5 Å². The van der Waals surface area contributed by atoms with Crippen LogP contribution < -0.4 is 9.62 Å². The highest BCUT2D eigenvalue weighted by molar-refractivity contribution is 7.94. The lowest BCUT2D eigenvalue weighted by molar-refractivity contribution is 0.578. The Kier molecular flexibility index (Phi) is 4.61. The molecule has 0 unspecified atom stereocenters. The van der Waals surface area contributed by atoms with Gasteiger partial charge in [-0.1, -0.05) is 17.7 Å². The molecule has 0 atom stereocenters. The molecular formula is C15H17ClN2O2S2. The van der Waals surface area contributed by atoms with E-state index >= 15 is 0 Å². The minimum Gasteiger partial charge on any atom is -0.371 e. The van der Waals surface area contributed by atoms with Crippen LogP contribution in [0.2, 0.25) is 4.34 Å². The van der Waals surface area contributed by atoms with Gasteiger partial charge >= 0.3 is 0 Å². The first-order chi connectivity index (χ1) is 10.5. The summed E-state index contributed by atoms with van der Waals surface area (Å²) in [7, 11) is -3.57. The Balaban J connectivity index is 1.80. The molecule has 0 aliphatic carbocycles. The number of anilines is 2. The number of hydrogen-bond donors (Lipinski definition) is 1. The SMILES string of the molecule is O=S(=O)(Nc1cccc(N2CCCCC2)c1)c1ccc(Cl)s1. The van der Waals surface area contributed by atoms with Crippen molar-refractivity contribution in [2.24, 2.45) is 0 Å². The number of thiophene rings is 1. The van der Waals surface area contributed by atoms with Crippen molar-refractivity contribution in [3.63, 3.8) is 0 Å². The average molecular weight is 357 g/mol. The van der Waals surface area contributed by atoms with Crippen LogP contribution in [0.25, 0.3) is 0 Å². The topological polar surface area (TPSA) is 49.4 Å². The molecule has 118 valence electrons. The zero-order valence-electron chi connectivity index (χ0n) is 12.0. The Morgan fingerprint density at radius 1 is 1.09 bits per heavy atom. The smallest absolute Gasteiger partial charge is 0.271 e. The maximum Gasteiger partial charge on any atom is 0.271 e. The molecule has 2 aromatic rings. The largest absolute Gasteiger partial charge is 0.371 e. The van der Waals surface area contributed by atoms with E-state index in [-0.39, 0.29) is 4.21 Å². The predicted octanol–water partition coefficient (Wildman–Crippen LogP) is 4.19. The van der Waals surface area contributed by atoms with E-state index < -0.39 is 10.0 Å². The van der Waals surface area contributed by atoms with Crippen molar-refractivity contribution in [1.82, 2.24) is 0 Å². The van der Waals surface area contributed by atoms with Gasteiger partial charge in [0, 0.05) is 18.8 Å². The Bertz CT molecular complexity index is 752. The first-order valence-corrected chi connectivity index (χ1v) is 9.85. The van der Waals surface area contributed by atoms with E-state index in [0.717, 1.165) is 30.1 Å². The third-order valence-electron chi connectivity index (χ3n) is 3.63. The number of halogens is 1. The molecule has 22 heavy (non-hydrogen) atoms. The van der Waals surface area contributed by atoms with Gasteiger partial charge in [-0.25, -0.2) is 8.42 Å². The Labute approximate surface area is 139 Å². The maximum absolute atomic E-state index is 12.3. The van der Waals surface area contributed by atoms with E-state index in [1.165, 1.54) is 25.3 Å². The van der Waals surface area contributed by atoms with E-state index in [9.17, 15) is 8.42 Å². The van der Waals surface area contributed by atoms with Gasteiger partial charge in [0.05, 0.1) is 10.0 Å². The summed E-state index contributed by atoms with van der Waals surface area (Å²) < 4.78 is 28.0. The third kappa shape index (κ3) is 3.56. The summed E-state index contributed by atoms with van der Waals surface area (Å²) in [6.45, 7) is 2.05. The van der Waals surface area contributed by atoms with Crippen molar-refractivity contribution in [3.05, 3.63) is 40.7 Å². The summed E-state index contributed by atoms with van der Waals surface area (Å²) in [5.74, 6) is 0. The van der Waals surface area contributed by atoms with Crippen molar-refractivity contribution < 1.29 is 8.42 Å². The van der Waals surface area contributed by atoms with Crippen LogP contribution in [-0.2, 0) is 10.0 Å². The molecule has 1 aliphatic heterocycles. The van der Waals surface area contributed by atoms with Gasteiger partial charge in [0.1, 0.15) is 4.21 Å². The van der Waals surface area contributed by atoms with Crippen LogP contribution in [0.1, 0.15) is 19.3 Å². The van der Waals surface area contributed by atoms with Crippen molar-refractivity contribution in [2.75, 3.05) is 22.7 Å². The second-order valence-corrected chi connectivity index (χ2v) is 8.89. The fourth-order valence-corrected chi connectivity index (χ4v) is 5.10. The fraction of sp³-hybridized carbons (Fsp3) is 0.333. The molecule has 4 nitrogen and oxygen atoms in total. The number of piperidine rings is 1. The first kappa shape index (κ1) is 15.6. The normalized spacial score (nSPS) is 15.8. The highest BCUT2D eigenvalue weighted by Gasteiger charge is 2.17. The second kappa shape index (κ2) is 6.48. The van der Waals surface area contributed by atoms with Gasteiger partial charge < -0.3 is 4.90 Å². The zero-order chi connectivity index (χ0) is 15.6.